The number of hydrogen-bond acceptors (Lipinski definition) is 3. The molecule has 19 heavy (non-hydrogen) atoms. The van der Waals surface area contributed by atoms with Gasteiger partial charge in [-0.1, -0.05) is 18.2 Å². The molecule has 5 nitrogen and oxygen atoms in total. The van der Waals surface area contributed by atoms with Gasteiger partial charge in [0.1, 0.15) is 5.78 Å². The van der Waals surface area contributed by atoms with Crippen molar-refractivity contribution in [3.05, 3.63) is 35.9 Å². The van der Waals surface area contributed by atoms with Gasteiger partial charge >= 0.3 is 0 Å². The minimum Gasteiger partial charge on any atom is -0.343 e. The van der Waals surface area contributed by atoms with Gasteiger partial charge in [-0.05, 0) is 12.1 Å². The van der Waals surface area contributed by atoms with Crippen LogP contribution in [0, 0.1) is 0 Å². The zero-order valence-electron chi connectivity index (χ0n) is 10.6. The molecular formula is C14H16N2O3. The Balaban J connectivity index is 1.80. The summed E-state index contributed by atoms with van der Waals surface area (Å²) in [5.74, 6) is -0.212. The lowest BCUT2D eigenvalue weighted by Crippen LogP contribution is -2.44. The fourth-order valence-corrected chi connectivity index (χ4v) is 1.96. The fourth-order valence-electron chi connectivity index (χ4n) is 1.96. The smallest absolute Gasteiger partial charge is 0.251 e. The first-order valence-electron chi connectivity index (χ1n) is 6.29. The van der Waals surface area contributed by atoms with Gasteiger partial charge in [-0.25, -0.2) is 0 Å². The number of piperidine rings is 1. The molecule has 1 heterocycles. The number of rotatable bonds is 3. The second-order valence-corrected chi connectivity index (χ2v) is 4.47. The van der Waals surface area contributed by atoms with E-state index in [1.807, 2.05) is 6.07 Å². The maximum Gasteiger partial charge on any atom is 0.251 e. The van der Waals surface area contributed by atoms with Crippen molar-refractivity contribution < 1.29 is 14.4 Å². The summed E-state index contributed by atoms with van der Waals surface area (Å²) in [7, 11) is 0. The Morgan fingerprint density at radius 3 is 2.37 bits per heavy atom. The average Bonchev–Trinajstić information content (AvgIpc) is 2.46. The van der Waals surface area contributed by atoms with Gasteiger partial charge in [-0.3, -0.25) is 14.4 Å². The molecule has 0 saturated carbocycles. The third kappa shape index (κ3) is 3.64. The van der Waals surface area contributed by atoms with Crippen molar-refractivity contribution >= 4 is 17.6 Å². The second-order valence-electron chi connectivity index (χ2n) is 4.47. The molecule has 1 aliphatic heterocycles. The molecule has 1 saturated heterocycles. The molecule has 2 amide bonds. The van der Waals surface area contributed by atoms with E-state index >= 15 is 0 Å². The molecular weight excluding hydrogens is 244 g/mol. The van der Waals surface area contributed by atoms with Gasteiger partial charge in [0.05, 0.1) is 6.54 Å². The molecule has 1 aromatic rings. The SMILES string of the molecule is O=C1CCN(C(=O)CNC(=O)c2ccccc2)CC1. The van der Waals surface area contributed by atoms with E-state index in [0.717, 1.165) is 0 Å². The lowest BCUT2D eigenvalue weighted by atomic mass is 10.1. The Kier molecular flexibility index (Phi) is 4.28. The molecule has 100 valence electrons. The number of nitrogens with one attached hydrogen (secondary N) is 1. The molecule has 0 unspecified atom stereocenters. The summed E-state index contributed by atoms with van der Waals surface area (Å²) >= 11 is 0. The van der Waals surface area contributed by atoms with Crippen LogP contribution in [0.1, 0.15) is 23.2 Å². The minimum absolute atomic E-state index is 0.0259. The Morgan fingerprint density at radius 2 is 1.74 bits per heavy atom. The Hall–Kier alpha value is -2.17. The molecule has 0 aliphatic carbocycles. The van der Waals surface area contributed by atoms with Crippen LogP contribution in [0.15, 0.2) is 30.3 Å². The molecule has 1 aliphatic rings. The summed E-state index contributed by atoms with van der Waals surface area (Å²) in [6.45, 7) is 0.889. The first-order chi connectivity index (χ1) is 9.16. The predicted molar refractivity (Wildman–Crippen MR) is 69.6 cm³/mol. The standard InChI is InChI=1S/C14H16N2O3/c17-12-6-8-16(9-7-12)13(18)10-15-14(19)11-4-2-1-3-5-11/h1-5H,6-10H2,(H,15,19). The van der Waals surface area contributed by atoms with E-state index in [9.17, 15) is 14.4 Å². The highest BCUT2D eigenvalue weighted by Gasteiger charge is 2.20. The highest BCUT2D eigenvalue weighted by atomic mass is 16.2. The van der Waals surface area contributed by atoms with Crippen molar-refractivity contribution in [1.82, 2.24) is 10.2 Å². The summed E-state index contributed by atoms with van der Waals surface area (Å²) < 4.78 is 0. The zero-order chi connectivity index (χ0) is 13.7. The van der Waals surface area contributed by atoms with Crippen LogP contribution in [-0.4, -0.2) is 42.1 Å². The normalized spacial score (nSPS) is 15.2. The number of benzene rings is 1. The Morgan fingerprint density at radius 1 is 1.11 bits per heavy atom. The molecule has 1 aromatic carbocycles. The molecule has 0 bridgehead atoms. The number of ketones is 1. The third-order valence-corrected chi connectivity index (χ3v) is 3.11. The first kappa shape index (κ1) is 13.3. The number of Topliss-reactive ketones (excluding diaryl/α,β-unsaturated/α-hetero) is 1. The number of nitrogens with zero attached hydrogens (tertiary/aromatic N) is 1. The number of likely N-dealkylation sites (tertiary alicyclic amines) is 1. The monoisotopic (exact) mass is 260 g/mol. The quantitative estimate of drug-likeness (QED) is 0.865. The van der Waals surface area contributed by atoms with Crippen molar-refractivity contribution in [2.24, 2.45) is 0 Å². The molecule has 0 aromatic heterocycles. The van der Waals surface area contributed by atoms with Gasteiger partial charge in [-0.2, -0.15) is 0 Å². The van der Waals surface area contributed by atoms with Crippen LogP contribution >= 0.6 is 0 Å². The molecule has 5 heteroatoms. The third-order valence-electron chi connectivity index (χ3n) is 3.11. The lowest BCUT2D eigenvalue weighted by molar-refractivity contribution is -0.133. The lowest BCUT2D eigenvalue weighted by Gasteiger charge is -2.26. The molecule has 1 N–H and O–H groups in total. The van der Waals surface area contributed by atoms with Crippen molar-refractivity contribution in [3.63, 3.8) is 0 Å². The van der Waals surface area contributed by atoms with Crippen molar-refractivity contribution in [2.75, 3.05) is 19.6 Å². The van der Waals surface area contributed by atoms with Gasteiger partial charge in [0, 0.05) is 31.5 Å². The highest BCUT2D eigenvalue weighted by Crippen LogP contribution is 2.05. The summed E-state index contributed by atoms with van der Waals surface area (Å²) in [6, 6.07) is 8.76. The van der Waals surface area contributed by atoms with Gasteiger partial charge < -0.3 is 10.2 Å². The van der Waals surface area contributed by atoms with Crippen LogP contribution in [0.2, 0.25) is 0 Å². The van der Waals surface area contributed by atoms with Gasteiger partial charge in [0.2, 0.25) is 5.91 Å². The summed E-state index contributed by atoms with van der Waals surface area (Å²) in [5, 5.41) is 2.59. The van der Waals surface area contributed by atoms with Crippen LogP contribution in [-0.2, 0) is 9.59 Å². The topological polar surface area (TPSA) is 66.5 Å². The number of carbonyl (C=O) groups is 3. The van der Waals surface area contributed by atoms with E-state index < -0.39 is 0 Å². The second kappa shape index (κ2) is 6.13. The van der Waals surface area contributed by atoms with E-state index in [4.69, 9.17) is 0 Å². The molecule has 2 rings (SSSR count). The van der Waals surface area contributed by atoms with Crippen molar-refractivity contribution in [2.45, 2.75) is 12.8 Å². The van der Waals surface area contributed by atoms with E-state index in [0.29, 0.717) is 31.5 Å². The maximum absolute atomic E-state index is 11.8. The van der Waals surface area contributed by atoms with Crippen LogP contribution < -0.4 is 5.32 Å². The van der Waals surface area contributed by atoms with Crippen LogP contribution in [0.3, 0.4) is 0 Å². The molecule has 0 radical (unpaired) electrons. The molecule has 0 atom stereocenters. The largest absolute Gasteiger partial charge is 0.343 e. The van der Waals surface area contributed by atoms with Crippen LogP contribution in [0.5, 0.6) is 0 Å². The fraction of sp³-hybridized carbons (Fsp3) is 0.357. The molecule has 1 fully saturated rings. The number of amides is 2. The van der Waals surface area contributed by atoms with Gasteiger partial charge in [-0.15, -0.1) is 0 Å². The van der Waals surface area contributed by atoms with Crippen molar-refractivity contribution in [1.29, 1.82) is 0 Å². The van der Waals surface area contributed by atoms with Gasteiger partial charge in [0.15, 0.2) is 0 Å². The summed E-state index contributed by atoms with van der Waals surface area (Å²) in [6.07, 6.45) is 0.830. The van der Waals surface area contributed by atoms with E-state index in [1.54, 1.807) is 29.2 Å². The number of carbonyl (C=O) groups excluding carboxylic acids is 3. The van der Waals surface area contributed by atoms with E-state index in [-0.39, 0.29) is 24.1 Å². The summed E-state index contributed by atoms with van der Waals surface area (Å²) in [4.78, 5) is 36.3. The maximum atomic E-state index is 11.8. The highest BCUT2D eigenvalue weighted by molar-refractivity contribution is 5.96. The van der Waals surface area contributed by atoms with E-state index in [2.05, 4.69) is 5.32 Å². The minimum atomic E-state index is -0.262. The summed E-state index contributed by atoms with van der Waals surface area (Å²) in [5.41, 5.74) is 0.532. The Bertz CT molecular complexity index is 475. The molecule has 0 spiro atoms. The average molecular weight is 260 g/mol. The van der Waals surface area contributed by atoms with E-state index in [1.165, 1.54) is 0 Å². The zero-order valence-corrected chi connectivity index (χ0v) is 10.6. The van der Waals surface area contributed by atoms with Crippen LogP contribution in [0.25, 0.3) is 0 Å². The predicted octanol–water partition coefficient (Wildman–Crippen LogP) is 0.608. The van der Waals surface area contributed by atoms with Gasteiger partial charge in [0.25, 0.3) is 5.91 Å². The van der Waals surface area contributed by atoms with Crippen LogP contribution in [0.4, 0.5) is 0 Å². The first-order valence-corrected chi connectivity index (χ1v) is 6.29. The number of hydrogen-bond donors (Lipinski definition) is 1. The van der Waals surface area contributed by atoms with Crippen molar-refractivity contribution in [3.8, 4) is 0 Å². The Labute approximate surface area is 111 Å².